The number of hydrogen-bond acceptors (Lipinski definition) is 8. The number of amides is 2. The first-order chi connectivity index (χ1) is 20.2. The Kier molecular flexibility index (Phi) is 8.71. The molecule has 0 spiro atoms. The molecule has 42 heavy (non-hydrogen) atoms. The van der Waals surface area contributed by atoms with Crippen LogP contribution in [0.4, 0.5) is 13.2 Å². The summed E-state index contributed by atoms with van der Waals surface area (Å²) >= 11 is 0. The molecule has 2 aromatic heterocycles. The van der Waals surface area contributed by atoms with E-state index >= 15 is 0 Å². The maximum Gasteiger partial charge on any atom is 0.417 e. The highest BCUT2D eigenvalue weighted by Crippen LogP contribution is 2.29. The van der Waals surface area contributed by atoms with Gasteiger partial charge in [-0.1, -0.05) is 23.4 Å². The molecule has 2 amide bonds. The average Bonchev–Trinajstić information content (AvgIpc) is 3.72. The molecular weight excluding hydrogens is 551 g/mol. The van der Waals surface area contributed by atoms with E-state index in [0.717, 1.165) is 43.5 Å². The molecule has 0 unspecified atom stereocenters. The predicted molar refractivity (Wildman–Crippen MR) is 146 cm³/mol. The van der Waals surface area contributed by atoms with E-state index in [-0.39, 0.29) is 23.7 Å². The van der Waals surface area contributed by atoms with E-state index < -0.39 is 17.6 Å². The highest BCUT2D eigenvalue weighted by molar-refractivity contribution is 5.93. The van der Waals surface area contributed by atoms with Gasteiger partial charge in [0.25, 0.3) is 11.8 Å². The monoisotopic (exact) mass is 583 g/mol. The second-order valence-electron chi connectivity index (χ2n) is 10.3. The summed E-state index contributed by atoms with van der Waals surface area (Å²) in [6, 6.07) is 7.35. The number of nitrogens with one attached hydrogen (secondary N) is 3. The highest BCUT2D eigenvalue weighted by Gasteiger charge is 2.31. The summed E-state index contributed by atoms with van der Waals surface area (Å²) in [5.74, 6) is -0.724. The van der Waals surface area contributed by atoms with Crippen molar-refractivity contribution in [1.82, 2.24) is 46.2 Å². The van der Waals surface area contributed by atoms with Crippen LogP contribution in [0.25, 0.3) is 0 Å². The van der Waals surface area contributed by atoms with E-state index in [2.05, 4.69) is 49.6 Å². The van der Waals surface area contributed by atoms with Crippen LogP contribution in [-0.2, 0) is 43.4 Å². The van der Waals surface area contributed by atoms with E-state index in [4.69, 9.17) is 0 Å². The molecule has 0 saturated carbocycles. The Labute approximate surface area is 240 Å². The predicted octanol–water partition coefficient (Wildman–Crippen LogP) is 2.72. The van der Waals surface area contributed by atoms with Gasteiger partial charge in [0.15, 0.2) is 5.69 Å². The number of rotatable bonds is 11. The third kappa shape index (κ3) is 7.24. The van der Waals surface area contributed by atoms with Gasteiger partial charge in [0, 0.05) is 51.8 Å². The first-order valence-corrected chi connectivity index (χ1v) is 13.7. The van der Waals surface area contributed by atoms with E-state index in [1.54, 1.807) is 16.0 Å². The van der Waals surface area contributed by atoms with Crippen LogP contribution in [0.2, 0.25) is 0 Å². The van der Waals surface area contributed by atoms with Crippen molar-refractivity contribution < 1.29 is 22.8 Å². The average molecular weight is 584 g/mol. The Hall–Kier alpha value is -4.46. The highest BCUT2D eigenvalue weighted by atomic mass is 19.4. The number of carbonyl (C=O) groups excluding carboxylic acids is 2. The molecule has 3 heterocycles. The number of pyridine rings is 1. The van der Waals surface area contributed by atoms with Gasteiger partial charge < -0.3 is 10.6 Å². The molecule has 14 heteroatoms. The zero-order valence-corrected chi connectivity index (χ0v) is 23.1. The summed E-state index contributed by atoms with van der Waals surface area (Å²) in [7, 11) is 1.83. The van der Waals surface area contributed by atoms with Crippen molar-refractivity contribution in [2.45, 2.75) is 57.9 Å². The summed E-state index contributed by atoms with van der Waals surface area (Å²) in [5.41, 5.74) is 6.82. The number of alkyl halides is 3. The van der Waals surface area contributed by atoms with Crippen LogP contribution < -0.4 is 16.1 Å². The topological polar surface area (TPSA) is 120 Å². The summed E-state index contributed by atoms with van der Waals surface area (Å²) in [4.78, 5) is 28.7. The Morgan fingerprint density at radius 1 is 0.976 bits per heavy atom. The van der Waals surface area contributed by atoms with Crippen molar-refractivity contribution in [2.24, 2.45) is 0 Å². The molecule has 1 aliphatic heterocycles. The summed E-state index contributed by atoms with van der Waals surface area (Å²) < 4.78 is 40.1. The number of aryl methyl sites for hydroxylation is 3. The molecule has 0 bridgehead atoms. The maximum atomic E-state index is 12.9. The number of unbranched alkanes of at least 4 members (excludes halogenated alkanes) is 1. The van der Waals surface area contributed by atoms with E-state index in [9.17, 15) is 22.8 Å². The first-order valence-electron chi connectivity index (χ1n) is 13.7. The van der Waals surface area contributed by atoms with Gasteiger partial charge in [0.2, 0.25) is 0 Å². The number of fused-ring (bicyclic) bond motifs is 1. The fraction of sp³-hybridized carbons (Fsp3) is 0.393. The Bertz CT molecular complexity index is 1470. The quantitative estimate of drug-likeness (QED) is 0.295. The van der Waals surface area contributed by atoms with Gasteiger partial charge >= 0.3 is 6.18 Å². The summed E-state index contributed by atoms with van der Waals surface area (Å²) in [6.07, 6.45) is 5.68. The van der Waals surface area contributed by atoms with Crippen LogP contribution in [0.15, 0.2) is 54.8 Å². The second-order valence-corrected chi connectivity index (χ2v) is 10.3. The molecule has 5 rings (SSSR count). The number of hydrazine groups is 2. The van der Waals surface area contributed by atoms with Gasteiger partial charge in [-0.3, -0.25) is 29.7 Å². The number of benzene rings is 1. The van der Waals surface area contributed by atoms with E-state index in [1.165, 1.54) is 29.9 Å². The molecule has 1 aliphatic carbocycles. The van der Waals surface area contributed by atoms with Crippen molar-refractivity contribution in [3.05, 3.63) is 88.3 Å². The van der Waals surface area contributed by atoms with Crippen molar-refractivity contribution in [2.75, 3.05) is 13.6 Å². The Balaban J connectivity index is 1.03. The normalized spacial score (nSPS) is 14.9. The van der Waals surface area contributed by atoms with Gasteiger partial charge in [-0.2, -0.15) is 13.2 Å². The number of aromatic nitrogens is 4. The van der Waals surface area contributed by atoms with Crippen LogP contribution in [0.3, 0.4) is 0 Å². The molecule has 1 aromatic carbocycles. The third-order valence-electron chi connectivity index (χ3n) is 7.18. The fourth-order valence-electron chi connectivity index (χ4n) is 4.91. The van der Waals surface area contributed by atoms with Crippen molar-refractivity contribution in [1.29, 1.82) is 0 Å². The first kappa shape index (κ1) is 29.0. The van der Waals surface area contributed by atoms with Crippen molar-refractivity contribution >= 4 is 11.8 Å². The molecule has 0 fully saturated rings. The van der Waals surface area contributed by atoms with Crippen LogP contribution in [0, 0.1) is 0 Å². The van der Waals surface area contributed by atoms with Crippen molar-refractivity contribution in [3.8, 4) is 0 Å². The molecule has 3 aromatic rings. The summed E-state index contributed by atoms with van der Waals surface area (Å²) in [5, 5.41) is 17.0. The molecule has 0 radical (unpaired) electrons. The molecule has 222 valence electrons. The summed E-state index contributed by atoms with van der Waals surface area (Å²) in [6.45, 7) is 1.51. The lowest BCUT2D eigenvalue weighted by molar-refractivity contribution is -0.137. The minimum Gasteiger partial charge on any atom is -0.347 e. The van der Waals surface area contributed by atoms with E-state index in [1.807, 2.05) is 12.1 Å². The number of halogens is 3. The lowest BCUT2D eigenvalue weighted by Gasteiger charge is -2.24. The standard InChI is InChI=1S/C28H32F3N9O2/c1-38-36-25(27(42)33-14-19-7-8-21-5-4-6-22(21)11-19)18-40(38)10-3-2-9-39-17-24(35-37-39)26(41)34-15-20-12-23(16-32-13-20)28(29,30)31/h7-8,11-13,16-18,36H,2-6,9-10,14-15H2,1H3,(H,33,42)(H,34,41). The second kappa shape index (κ2) is 12.6. The lowest BCUT2D eigenvalue weighted by atomic mass is 10.1. The van der Waals surface area contributed by atoms with Gasteiger partial charge in [-0.15, -0.1) is 10.2 Å². The largest absolute Gasteiger partial charge is 0.417 e. The SMILES string of the molecule is CN1NC(C(=O)NCc2ccc3c(c2)CCC3)=CN1CCCCn1cc(C(=O)NCc2cncc(C(F)(F)F)c2)nn1. The van der Waals surface area contributed by atoms with Gasteiger partial charge in [-0.05, 0) is 60.4 Å². The van der Waals surface area contributed by atoms with Crippen LogP contribution in [0.1, 0.15) is 57.6 Å². The molecule has 11 nitrogen and oxygen atoms in total. The number of carbonyl (C=O) groups is 2. The smallest absolute Gasteiger partial charge is 0.347 e. The zero-order valence-electron chi connectivity index (χ0n) is 23.1. The molecule has 0 saturated heterocycles. The maximum absolute atomic E-state index is 12.9. The minimum atomic E-state index is -4.51. The van der Waals surface area contributed by atoms with Crippen molar-refractivity contribution in [3.63, 3.8) is 0 Å². The van der Waals surface area contributed by atoms with Gasteiger partial charge in [0.05, 0.1) is 11.8 Å². The van der Waals surface area contributed by atoms with Gasteiger partial charge in [-0.25, -0.2) is 0 Å². The fourth-order valence-corrected chi connectivity index (χ4v) is 4.91. The molecular formula is C28H32F3N9O2. The van der Waals surface area contributed by atoms with Crippen LogP contribution in [-0.4, -0.2) is 55.5 Å². The lowest BCUT2D eigenvalue weighted by Crippen LogP contribution is -2.41. The zero-order chi connectivity index (χ0) is 29.7. The minimum absolute atomic E-state index is 0.0666. The Morgan fingerprint density at radius 2 is 1.74 bits per heavy atom. The van der Waals surface area contributed by atoms with Crippen LogP contribution in [0.5, 0.6) is 0 Å². The third-order valence-corrected chi connectivity index (χ3v) is 7.18. The van der Waals surface area contributed by atoms with Gasteiger partial charge in [0.1, 0.15) is 5.70 Å². The number of hydrogen-bond donors (Lipinski definition) is 3. The van der Waals surface area contributed by atoms with Crippen LogP contribution >= 0.6 is 0 Å². The molecule has 0 atom stereocenters. The Morgan fingerprint density at radius 3 is 2.57 bits per heavy atom. The number of nitrogens with zero attached hydrogens (tertiary/aromatic N) is 6. The van der Waals surface area contributed by atoms with E-state index in [0.29, 0.717) is 25.3 Å². The molecule has 3 N–H and O–H groups in total. The molecule has 2 aliphatic rings.